The lowest BCUT2D eigenvalue weighted by molar-refractivity contribution is -0.135. The van der Waals surface area contributed by atoms with Crippen LogP contribution in [0.15, 0.2) is 22.2 Å². The Balaban J connectivity index is 2.30. The number of H-pyrrole nitrogens is 1. The summed E-state index contributed by atoms with van der Waals surface area (Å²) >= 11 is 0.780. The number of carbonyl (C=O) groups excluding carboxylic acids is 1. The highest BCUT2D eigenvalue weighted by Gasteiger charge is 2.27. The minimum atomic E-state index is -4.32. The lowest BCUT2D eigenvalue weighted by Crippen LogP contribution is -2.33. The quantitative estimate of drug-likeness (QED) is 0.655. The molecular weight excluding hydrogens is 353 g/mol. The number of hydrogen-bond acceptors (Lipinski definition) is 5. The molecule has 24 heavy (non-hydrogen) atoms. The van der Waals surface area contributed by atoms with Crippen LogP contribution in [0, 0.1) is 0 Å². The Hall–Kier alpha value is -2.50. The predicted octanol–water partition coefficient (Wildman–Crippen LogP) is 0.881. The number of nitrogens with one attached hydrogen (secondary N) is 2. The molecular formula is C12H11F3N4O4S. The SMILES string of the molecule is O=C(O)CNC(=O)c1c(=O)cc(SCCC(F)(F)F)n2[nH]cnc12. The molecule has 0 aliphatic heterocycles. The van der Waals surface area contributed by atoms with E-state index in [1.807, 2.05) is 5.32 Å². The molecule has 3 N–H and O–H groups in total. The van der Waals surface area contributed by atoms with Crippen molar-refractivity contribution in [3.8, 4) is 0 Å². The smallest absolute Gasteiger partial charge is 0.389 e. The number of alkyl halides is 3. The summed E-state index contributed by atoms with van der Waals surface area (Å²) < 4.78 is 37.8. The summed E-state index contributed by atoms with van der Waals surface area (Å²) in [5.74, 6) is -2.53. The monoisotopic (exact) mass is 364 g/mol. The Morgan fingerprint density at radius 3 is 2.75 bits per heavy atom. The highest BCUT2D eigenvalue weighted by atomic mass is 32.2. The largest absolute Gasteiger partial charge is 0.480 e. The van der Waals surface area contributed by atoms with E-state index in [4.69, 9.17) is 5.11 Å². The topological polar surface area (TPSA) is 117 Å². The van der Waals surface area contributed by atoms with Gasteiger partial charge in [-0.05, 0) is 0 Å². The van der Waals surface area contributed by atoms with E-state index >= 15 is 0 Å². The third-order valence-corrected chi connectivity index (χ3v) is 3.80. The molecule has 0 aliphatic carbocycles. The van der Waals surface area contributed by atoms with Gasteiger partial charge in [0.1, 0.15) is 23.5 Å². The first-order valence-electron chi connectivity index (χ1n) is 6.48. The van der Waals surface area contributed by atoms with Gasteiger partial charge in [-0.3, -0.25) is 19.5 Å². The highest BCUT2D eigenvalue weighted by molar-refractivity contribution is 7.99. The molecule has 8 nitrogen and oxygen atoms in total. The van der Waals surface area contributed by atoms with Crippen LogP contribution in [-0.2, 0) is 4.79 Å². The average Bonchev–Trinajstić information content (AvgIpc) is 2.92. The van der Waals surface area contributed by atoms with E-state index < -0.39 is 42.0 Å². The molecule has 12 heteroatoms. The number of aromatic amines is 1. The van der Waals surface area contributed by atoms with Gasteiger partial charge in [0.05, 0.1) is 6.42 Å². The molecule has 0 aromatic carbocycles. The summed E-state index contributed by atoms with van der Waals surface area (Å²) in [7, 11) is 0. The lowest BCUT2D eigenvalue weighted by atomic mass is 10.2. The van der Waals surface area contributed by atoms with Crippen molar-refractivity contribution in [3.05, 3.63) is 28.2 Å². The van der Waals surface area contributed by atoms with Gasteiger partial charge in [0.25, 0.3) is 5.91 Å². The number of hydrogen-bond donors (Lipinski definition) is 3. The van der Waals surface area contributed by atoms with Crippen LogP contribution in [-0.4, -0.2) is 50.1 Å². The summed E-state index contributed by atoms with van der Waals surface area (Å²) in [5, 5.41) is 13.3. The molecule has 0 fully saturated rings. The fraction of sp³-hybridized carbons (Fsp3) is 0.333. The Bertz CT molecular complexity index is 830. The zero-order chi connectivity index (χ0) is 17.9. The van der Waals surface area contributed by atoms with Crippen molar-refractivity contribution in [2.45, 2.75) is 17.6 Å². The maximum Gasteiger partial charge on any atom is 0.389 e. The Morgan fingerprint density at radius 2 is 2.12 bits per heavy atom. The fourth-order valence-corrected chi connectivity index (χ4v) is 2.81. The number of nitrogens with zero attached hydrogens (tertiary/aromatic N) is 2. The van der Waals surface area contributed by atoms with Crippen LogP contribution in [0.25, 0.3) is 5.65 Å². The van der Waals surface area contributed by atoms with Gasteiger partial charge in [-0.1, -0.05) is 0 Å². The maximum atomic E-state index is 12.2. The molecule has 2 aromatic heterocycles. The number of pyridine rings is 1. The molecule has 0 atom stereocenters. The first kappa shape index (κ1) is 17.8. The van der Waals surface area contributed by atoms with E-state index in [1.165, 1.54) is 4.52 Å². The third kappa shape index (κ3) is 4.28. The maximum absolute atomic E-state index is 12.2. The average molecular weight is 364 g/mol. The molecule has 0 aliphatic rings. The van der Waals surface area contributed by atoms with Gasteiger partial charge in [0.2, 0.25) is 0 Å². The summed E-state index contributed by atoms with van der Waals surface area (Å²) in [6, 6.07) is 1.00. The number of halogens is 3. The van der Waals surface area contributed by atoms with Gasteiger partial charge in [-0.25, -0.2) is 9.50 Å². The standard InChI is InChI=1S/C12H11F3N4O4S/c13-12(14,15)1-2-24-7-3-6(20)9(10-17-5-18-19(7)10)11(23)16-4-8(21)22/h3,5H,1-2,4H2,(H,16,23)(H,17,18)(H,21,22). The van der Waals surface area contributed by atoms with E-state index in [0.29, 0.717) is 0 Å². The van der Waals surface area contributed by atoms with Crippen LogP contribution in [0.3, 0.4) is 0 Å². The molecule has 0 saturated carbocycles. The third-order valence-electron chi connectivity index (χ3n) is 2.79. The number of carbonyl (C=O) groups is 2. The zero-order valence-electron chi connectivity index (χ0n) is 11.9. The molecule has 0 bridgehead atoms. The highest BCUT2D eigenvalue weighted by Crippen LogP contribution is 2.26. The van der Waals surface area contributed by atoms with Crippen molar-refractivity contribution in [3.63, 3.8) is 0 Å². The second-order valence-corrected chi connectivity index (χ2v) is 5.67. The molecule has 2 aromatic rings. The van der Waals surface area contributed by atoms with Gasteiger partial charge in [-0.2, -0.15) is 13.2 Å². The van der Waals surface area contributed by atoms with E-state index in [0.717, 1.165) is 24.2 Å². The van der Waals surface area contributed by atoms with Gasteiger partial charge < -0.3 is 10.4 Å². The van der Waals surface area contributed by atoms with Gasteiger partial charge in [-0.15, -0.1) is 11.8 Å². The van der Waals surface area contributed by atoms with Gasteiger partial charge in [0.15, 0.2) is 11.1 Å². The Morgan fingerprint density at radius 1 is 1.42 bits per heavy atom. The number of carboxylic acid groups (broad SMARTS) is 1. The van der Waals surface area contributed by atoms with Crippen LogP contribution in [0.1, 0.15) is 16.8 Å². The lowest BCUT2D eigenvalue weighted by Gasteiger charge is -2.09. The molecule has 2 heterocycles. The zero-order valence-corrected chi connectivity index (χ0v) is 12.7. The molecule has 0 saturated heterocycles. The molecule has 0 radical (unpaired) electrons. The van der Waals surface area contributed by atoms with Crippen LogP contribution in [0.4, 0.5) is 13.2 Å². The second-order valence-electron chi connectivity index (χ2n) is 4.56. The van der Waals surface area contributed by atoms with Crippen LogP contribution in [0.2, 0.25) is 0 Å². The van der Waals surface area contributed by atoms with E-state index in [1.54, 1.807) is 0 Å². The van der Waals surface area contributed by atoms with E-state index in [9.17, 15) is 27.6 Å². The van der Waals surface area contributed by atoms with Gasteiger partial charge >= 0.3 is 12.1 Å². The van der Waals surface area contributed by atoms with Crippen LogP contribution < -0.4 is 10.7 Å². The van der Waals surface area contributed by atoms with Gasteiger partial charge in [0, 0.05) is 11.8 Å². The molecule has 0 unspecified atom stereocenters. The van der Waals surface area contributed by atoms with Crippen molar-refractivity contribution in [1.82, 2.24) is 19.9 Å². The van der Waals surface area contributed by atoms with Crippen LogP contribution in [0.5, 0.6) is 0 Å². The number of rotatable bonds is 6. The van der Waals surface area contributed by atoms with Crippen molar-refractivity contribution in [1.29, 1.82) is 0 Å². The molecule has 130 valence electrons. The van der Waals surface area contributed by atoms with Crippen molar-refractivity contribution in [2.24, 2.45) is 0 Å². The first-order valence-corrected chi connectivity index (χ1v) is 7.46. The summed E-state index contributed by atoms with van der Waals surface area (Å²) in [6.45, 7) is -0.684. The summed E-state index contributed by atoms with van der Waals surface area (Å²) in [6.07, 6.45) is -4.19. The normalized spacial score (nSPS) is 11.6. The van der Waals surface area contributed by atoms with Crippen molar-refractivity contribution in [2.75, 3.05) is 12.3 Å². The Kier molecular flexibility index (Phi) is 5.17. The summed E-state index contributed by atoms with van der Waals surface area (Å²) in [4.78, 5) is 38.3. The second kappa shape index (κ2) is 6.95. The molecule has 2 rings (SSSR count). The fourth-order valence-electron chi connectivity index (χ4n) is 1.81. The number of carboxylic acids is 1. The summed E-state index contributed by atoms with van der Waals surface area (Å²) in [5.41, 5.74) is -1.25. The Labute approximate surface area is 136 Å². The van der Waals surface area contributed by atoms with E-state index in [-0.39, 0.29) is 16.4 Å². The first-order chi connectivity index (χ1) is 11.2. The predicted molar refractivity (Wildman–Crippen MR) is 77.2 cm³/mol. The number of thioether (sulfide) groups is 1. The molecule has 0 spiro atoms. The number of fused-ring (bicyclic) bond motifs is 1. The minimum absolute atomic E-state index is 0.0973. The number of aromatic nitrogens is 3. The minimum Gasteiger partial charge on any atom is -0.480 e. The number of amides is 1. The number of aliphatic carboxylic acids is 1. The van der Waals surface area contributed by atoms with Crippen molar-refractivity contribution < 1.29 is 27.9 Å². The van der Waals surface area contributed by atoms with E-state index in [2.05, 4.69) is 10.1 Å². The molecule has 1 amide bonds. The van der Waals surface area contributed by atoms with Crippen molar-refractivity contribution >= 4 is 29.3 Å². The van der Waals surface area contributed by atoms with Crippen LogP contribution >= 0.6 is 11.8 Å².